The fourth-order valence-corrected chi connectivity index (χ4v) is 10.9. The predicted octanol–water partition coefficient (Wildman–Crippen LogP) is 8.32. The van der Waals surface area contributed by atoms with E-state index < -0.39 is 88.7 Å². The summed E-state index contributed by atoms with van der Waals surface area (Å²) < 4.78 is 47.6. The number of hydrogen-bond donors (Lipinski definition) is 0. The van der Waals surface area contributed by atoms with Crippen molar-refractivity contribution in [3.8, 4) is 0 Å². The van der Waals surface area contributed by atoms with Gasteiger partial charge in [-0.1, -0.05) is 0 Å². The molecule has 0 aromatic heterocycles. The molecule has 0 spiro atoms. The molecule has 0 aliphatic carbocycles. The van der Waals surface area contributed by atoms with Crippen LogP contribution in [-0.2, 0) is 35.8 Å². The van der Waals surface area contributed by atoms with Crippen LogP contribution in [-0.4, -0.2) is 101 Å². The minimum atomic E-state index is -2.26. The van der Waals surface area contributed by atoms with Gasteiger partial charge in [-0.05, 0) is 137 Å². The van der Waals surface area contributed by atoms with E-state index in [1.54, 1.807) is 0 Å². The Balaban J connectivity index is 7.65. The third kappa shape index (κ3) is 22.0. The monoisotopic (exact) mass is 730 g/mol. The largest absolute Gasteiger partial charge is 0.518 e. The molecule has 5 atom stereocenters. The summed E-state index contributed by atoms with van der Waals surface area (Å²) in [4.78, 5) is 14.1. The standard InChI is InChI=1S/C28H70O8Si7/c1-37(2,3)30-22-23(31-38(4,5)6)24(32-39(7,8)9)25(33-40(10,11)12)26(34-41(13,14)15)27(35-42(16,17)18)28(29)36-43(19,20)21/h23-27H,22H2,1-21H3/t23-,24-,25+,26-,27-/m1/s1. The maximum absolute atomic E-state index is 14.1. The van der Waals surface area contributed by atoms with E-state index in [4.69, 9.17) is 31.0 Å². The van der Waals surface area contributed by atoms with Gasteiger partial charge >= 0.3 is 5.97 Å². The third-order valence-corrected chi connectivity index (χ3v) is 11.8. The van der Waals surface area contributed by atoms with Crippen molar-refractivity contribution in [1.82, 2.24) is 0 Å². The first-order valence-electron chi connectivity index (χ1n) is 15.8. The van der Waals surface area contributed by atoms with Gasteiger partial charge in [-0.25, -0.2) is 0 Å². The van der Waals surface area contributed by atoms with E-state index in [1.165, 1.54) is 0 Å². The predicted molar refractivity (Wildman–Crippen MR) is 200 cm³/mol. The molecule has 0 bridgehead atoms. The van der Waals surface area contributed by atoms with Gasteiger partial charge in [0.2, 0.25) is 8.32 Å². The Morgan fingerprint density at radius 1 is 0.419 bits per heavy atom. The fraction of sp³-hybridized carbons (Fsp3) is 0.964. The Morgan fingerprint density at radius 3 is 1.09 bits per heavy atom. The van der Waals surface area contributed by atoms with Gasteiger partial charge in [0.1, 0.15) is 12.2 Å². The quantitative estimate of drug-likeness (QED) is 0.123. The number of hydrogen-bond acceptors (Lipinski definition) is 8. The molecular weight excluding hydrogens is 661 g/mol. The summed E-state index contributed by atoms with van der Waals surface area (Å²) in [5.74, 6) is -0.373. The van der Waals surface area contributed by atoms with E-state index >= 15 is 0 Å². The van der Waals surface area contributed by atoms with Gasteiger partial charge in [-0.15, -0.1) is 0 Å². The second-order valence-corrected chi connectivity index (χ2v) is 49.7. The first kappa shape index (κ1) is 43.7. The summed E-state index contributed by atoms with van der Waals surface area (Å²) in [6.45, 7) is 45.3. The lowest BCUT2D eigenvalue weighted by molar-refractivity contribution is -0.158. The topological polar surface area (TPSA) is 81.7 Å². The van der Waals surface area contributed by atoms with E-state index in [1.807, 2.05) is 19.6 Å². The van der Waals surface area contributed by atoms with E-state index in [2.05, 4.69) is 118 Å². The van der Waals surface area contributed by atoms with Gasteiger partial charge < -0.3 is 31.0 Å². The van der Waals surface area contributed by atoms with Crippen LogP contribution in [0.4, 0.5) is 0 Å². The maximum Gasteiger partial charge on any atom is 0.323 e. The number of carbonyl (C=O) groups excluding carboxylic acids is 1. The summed E-state index contributed by atoms with van der Waals surface area (Å²) in [6, 6.07) is 0. The summed E-state index contributed by atoms with van der Waals surface area (Å²) >= 11 is 0. The molecule has 0 saturated carbocycles. The second kappa shape index (κ2) is 15.8. The Hall–Kier alpha value is 0.748. The molecule has 0 aromatic carbocycles. The van der Waals surface area contributed by atoms with Crippen LogP contribution in [0.15, 0.2) is 0 Å². The van der Waals surface area contributed by atoms with Crippen LogP contribution in [0.5, 0.6) is 0 Å². The van der Waals surface area contributed by atoms with Crippen molar-refractivity contribution in [3.05, 3.63) is 0 Å². The molecule has 0 aromatic rings. The summed E-state index contributed by atoms with van der Waals surface area (Å²) in [6.07, 6.45) is -3.26. The highest BCUT2D eigenvalue weighted by molar-refractivity contribution is 6.72. The lowest BCUT2D eigenvalue weighted by Crippen LogP contribution is -2.64. The fourth-order valence-electron chi connectivity index (χ4n) is 4.17. The Kier molecular flexibility index (Phi) is 16.0. The number of carbonyl (C=O) groups is 1. The molecule has 43 heavy (non-hydrogen) atoms. The number of rotatable bonds is 19. The van der Waals surface area contributed by atoms with Crippen LogP contribution in [0.3, 0.4) is 0 Å². The van der Waals surface area contributed by atoms with Gasteiger partial charge in [-0.3, -0.25) is 4.79 Å². The molecule has 0 radical (unpaired) electrons. The van der Waals surface area contributed by atoms with Gasteiger partial charge in [0.25, 0.3) is 0 Å². The Bertz CT molecular complexity index is 858. The molecule has 0 rings (SSSR count). The zero-order chi connectivity index (χ0) is 34.6. The summed E-state index contributed by atoms with van der Waals surface area (Å²) in [7, 11) is -15.2. The van der Waals surface area contributed by atoms with Crippen molar-refractivity contribution in [3.63, 3.8) is 0 Å². The SMILES string of the molecule is C[Si](C)(C)OC[C@@H](O[Si](C)(C)C)[C@@H](O[Si](C)(C)C)[C@H](O[Si](C)(C)C)[C@@H](O[Si](C)(C)C)[C@@H](O[Si](C)(C)C)C(=O)O[Si](C)(C)C. The van der Waals surface area contributed by atoms with Crippen LogP contribution >= 0.6 is 0 Å². The summed E-state index contributed by atoms with van der Waals surface area (Å²) in [5, 5.41) is 0. The zero-order valence-electron chi connectivity index (χ0n) is 31.9. The lowest BCUT2D eigenvalue weighted by Gasteiger charge is -2.47. The van der Waals surface area contributed by atoms with Crippen molar-refractivity contribution in [2.75, 3.05) is 6.61 Å². The molecule has 0 aliphatic rings. The minimum absolute atomic E-state index is 0.373. The molecule has 8 nitrogen and oxygen atoms in total. The zero-order valence-corrected chi connectivity index (χ0v) is 38.9. The minimum Gasteiger partial charge on any atom is -0.518 e. The normalized spacial score (nSPS) is 18.2. The maximum atomic E-state index is 14.1. The Labute approximate surface area is 273 Å². The van der Waals surface area contributed by atoms with Gasteiger partial charge in [0, 0.05) is 0 Å². The molecular formula is C28H70O8Si7. The third-order valence-electron chi connectivity index (χ3n) is 5.09. The Morgan fingerprint density at radius 2 is 0.767 bits per heavy atom. The van der Waals surface area contributed by atoms with E-state index in [9.17, 15) is 4.79 Å². The van der Waals surface area contributed by atoms with Crippen LogP contribution in [0.25, 0.3) is 0 Å². The van der Waals surface area contributed by atoms with E-state index in [0.717, 1.165) is 0 Å². The van der Waals surface area contributed by atoms with Crippen molar-refractivity contribution >= 4 is 64.2 Å². The molecule has 0 saturated heterocycles. The molecule has 0 N–H and O–H groups in total. The first-order valence-corrected chi connectivity index (χ1v) is 39.7. The molecule has 15 heteroatoms. The average molecular weight is 731 g/mol. The van der Waals surface area contributed by atoms with Crippen LogP contribution < -0.4 is 0 Å². The highest BCUT2D eigenvalue weighted by Gasteiger charge is 2.51. The first-order chi connectivity index (χ1) is 18.6. The molecule has 0 fully saturated rings. The molecule has 258 valence electrons. The van der Waals surface area contributed by atoms with Crippen LogP contribution in [0.1, 0.15) is 0 Å². The van der Waals surface area contributed by atoms with Crippen molar-refractivity contribution < 1.29 is 35.8 Å². The van der Waals surface area contributed by atoms with Gasteiger partial charge in [0.05, 0.1) is 18.8 Å². The molecule has 0 amide bonds. The summed E-state index contributed by atoms with van der Waals surface area (Å²) in [5.41, 5.74) is 0. The van der Waals surface area contributed by atoms with Crippen LogP contribution in [0.2, 0.25) is 137 Å². The smallest absolute Gasteiger partial charge is 0.323 e. The van der Waals surface area contributed by atoms with Crippen molar-refractivity contribution in [2.45, 2.75) is 168 Å². The highest BCUT2D eigenvalue weighted by atomic mass is 28.4. The van der Waals surface area contributed by atoms with E-state index in [0.29, 0.717) is 6.61 Å². The van der Waals surface area contributed by atoms with Crippen LogP contribution in [0, 0.1) is 0 Å². The molecule has 0 aliphatic heterocycles. The molecule has 0 heterocycles. The molecule has 0 unspecified atom stereocenters. The van der Waals surface area contributed by atoms with Crippen molar-refractivity contribution in [2.24, 2.45) is 0 Å². The van der Waals surface area contributed by atoms with Gasteiger partial charge in [-0.2, -0.15) is 0 Å². The average Bonchev–Trinajstić information content (AvgIpc) is 2.64. The second-order valence-electron chi connectivity index (χ2n) is 18.5. The lowest BCUT2D eigenvalue weighted by atomic mass is 9.99. The highest BCUT2D eigenvalue weighted by Crippen LogP contribution is 2.32. The van der Waals surface area contributed by atoms with Gasteiger partial charge in [0.15, 0.2) is 56.0 Å². The van der Waals surface area contributed by atoms with E-state index in [-0.39, 0.29) is 5.97 Å². The van der Waals surface area contributed by atoms with Crippen molar-refractivity contribution in [1.29, 1.82) is 0 Å².